The minimum atomic E-state index is -0.461. The molecule has 4 N–H and O–H groups in total. The summed E-state index contributed by atoms with van der Waals surface area (Å²) in [6.45, 7) is 0. The second-order valence-corrected chi connectivity index (χ2v) is 4.54. The Morgan fingerprint density at radius 2 is 2.29 bits per heavy atom. The first-order chi connectivity index (χ1) is 8.08. The van der Waals surface area contributed by atoms with Gasteiger partial charge in [0.05, 0.1) is 17.8 Å². The van der Waals surface area contributed by atoms with Gasteiger partial charge in [-0.2, -0.15) is 5.10 Å². The molecule has 0 unspecified atom stereocenters. The van der Waals surface area contributed by atoms with Crippen LogP contribution in [0.15, 0.2) is 6.20 Å². The zero-order chi connectivity index (χ0) is 12.4. The van der Waals surface area contributed by atoms with Crippen molar-refractivity contribution in [1.82, 2.24) is 15.1 Å². The number of aryl methyl sites for hydroxylation is 1. The van der Waals surface area contributed by atoms with E-state index in [9.17, 15) is 9.90 Å². The number of aliphatic hydroxyl groups excluding tert-OH is 1. The van der Waals surface area contributed by atoms with E-state index in [0.717, 1.165) is 25.7 Å². The Bertz CT molecular complexity index is 416. The second-order valence-electron chi connectivity index (χ2n) is 4.54. The molecule has 1 aliphatic carbocycles. The lowest BCUT2D eigenvalue weighted by atomic mass is 9.92. The fourth-order valence-corrected chi connectivity index (χ4v) is 2.20. The van der Waals surface area contributed by atoms with Crippen molar-refractivity contribution in [3.63, 3.8) is 0 Å². The number of hydrogen-bond donors (Lipinski definition) is 3. The Labute approximate surface area is 99.8 Å². The molecule has 1 fully saturated rings. The molecule has 94 valence electrons. The predicted octanol–water partition coefficient (Wildman–Crippen LogP) is 0.0356. The highest BCUT2D eigenvalue weighted by Gasteiger charge is 2.26. The molecule has 0 spiro atoms. The fourth-order valence-electron chi connectivity index (χ4n) is 2.20. The smallest absolute Gasteiger partial charge is 0.274 e. The van der Waals surface area contributed by atoms with Crippen molar-refractivity contribution in [3.05, 3.63) is 11.9 Å². The lowest BCUT2D eigenvalue weighted by molar-refractivity contribution is 0.0714. The first-order valence-electron chi connectivity index (χ1n) is 5.86. The average molecular weight is 238 g/mol. The van der Waals surface area contributed by atoms with Crippen LogP contribution in [0.25, 0.3) is 0 Å². The Balaban J connectivity index is 2.03. The summed E-state index contributed by atoms with van der Waals surface area (Å²) in [5.74, 6) is -0.311. The molecule has 1 aromatic heterocycles. The zero-order valence-corrected chi connectivity index (χ0v) is 9.89. The van der Waals surface area contributed by atoms with Gasteiger partial charge in [-0.05, 0) is 12.8 Å². The number of anilines is 1. The van der Waals surface area contributed by atoms with Crippen molar-refractivity contribution in [2.45, 2.75) is 37.8 Å². The minimum absolute atomic E-state index is 0.183. The van der Waals surface area contributed by atoms with E-state index in [1.807, 2.05) is 0 Å². The Hall–Kier alpha value is -1.56. The van der Waals surface area contributed by atoms with Crippen LogP contribution in [0.2, 0.25) is 0 Å². The van der Waals surface area contributed by atoms with Gasteiger partial charge in [0.25, 0.3) is 5.91 Å². The Kier molecular flexibility index (Phi) is 3.33. The van der Waals surface area contributed by atoms with E-state index in [2.05, 4.69) is 10.4 Å². The summed E-state index contributed by atoms with van der Waals surface area (Å²) in [6.07, 6.45) is 4.71. The van der Waals surface area contributed by atoms with Crippen LogP contribution in [0.1, 0.15) is 36.2 Å². The molecule has 6 nitrogen and oxygen atoms in total. The lowest BCUT2D eigenvalue weighted by Crippen LogP contribution is -2.45. The molecule has 2 atom stereocenters. The molecule has 2 rings (SSSR count). The number of carbonyl (C=O) groups excluding carboxylic acids is 1. The normalized spacial score (nSPS) is 24.6. The highest BCUT2D eigenvalue weighted by molar-refractivity contribution is 5.97. The van der Waals surface area contributed by atoms with E-state index in [4.69, 9.17) is 5.73 Å². The molecule has 0 saturated heterocycles. The number of aliphatic hydroxyl groups is 1. The third-order valence-corrected chi connectivity index (χ3v) is 3.12. The van der Waals surface area contributed by atoms with Crippen LogP contribution in [0, 0.1) is 0 Å². The van der Waals surface area contributed by atoms with Crippen molar-refractivity contribution in [2.24, 2.45) is 7.05 Å². The maximum Gasteiger partial charge on any atom is 0.274 e. The van der Waals surface area contributed by atoms with Gasteiger partial charge in [0, 0.05) is 13.2 Å². The first-order valence-corrected chi connectivity index (χ1v) is 5.86. The Morgan fingerprint density at radius 3 is 2.88 bits per heavy atom. The van der Waals surface area contributed by atoms with Crippen LogP contribution >= 0.6 is 0 Å². The van der Waals surface area contributed by atoms with Crippen LogP contribution in [0.4, 0.5) is 5.69 Å². The largest absolute Gasteiger partial charge is 0.396 e. The molecule has 0 radical (unpaired) electrons. The fraction of sp³-hybridized carbons (Fsp3) is 0.636. The van der Waals surface area contributed by atoms with Gasteiger partial charge in [0.15, 0.2) is 5.69 Å². The van der Waals surface area contributed by atoms with E-state index in [1.165, 1.54) is 4.68 Å². The molecule has 0 aliphatic heterocycles. The molecule has 1 amide bonds. The molecule has 0 aromatic carbocycles. The maximum atomic E-state index is 11.9. The molecule has 1 aromatic rings. The molecule has 0 bridgehead atoms. The maximum absolute atomic E-state index is 11.9. The number of amides is 1. The van der Waals surface area contributed by atoms with Crippen LogP contribution in [-0.4, -0.2) is 32.9 Å². The predicted molar refractivity (Wildman–Crippen MR) is 63.3 cm³/mol. The monoisotopic (exact) mass is 238 g/mol. The first kappa shape index (κ1) is 11.9. The van der Waals surface area contributed by atoms with Gasteiger partial charge < -0.3 is 16.2 Å². The second kappa shape index (κ2) is 4.75. The van der Waals surface area contributed by atoms with Gasteiger partial charge in [-0.15, -0.1) is 0 Å². The van der Waals surface area contributed by atoms with Crippen molar-refractivity contribution >= 4 is 11.6 Å². The van der Waals surface area contributed by atoms with Gasteiger partial charge in [0.2, 0.25) is 0 Å². The van der Waals surface area contributed by atoms with E-state index < -0.39 is 6.10 Å². The minimum Gasteiger partial charge on any atom is -0.396 e. The number of hydrogen-bond acceptors (Lipinski definition) is 4. The van der Waals surface area contributed by atoms with E-state index in [0.29, 0.717) is 5.69 Å². The van der Waals surface area contributed by atoms with E-state index >= 15 is 0 Å². The number of nitrogens with two attached hydrogens (primary N) is 1. The highest BCUT2D eigenvalue weighted by atomic mass is 16.3. The van der Waals surface area contributed by atoms with Gasteiger partial charge >= 0.3 is 0 Å². The van der Waals surface area contributed by atoms with Gasteiger partial charge in [0.1, 0.15) is 0 Å². The third-order valence-electron chi connectivity index (χ3n) is 3.12. The van der Waals surface area contributed by atoms with Crippen molar-refractivity contribution in [1.29, 1.82) is 0 Å². The molecule has 6 heteroatoms. The summed E-state index contributed by atoms with van der Waals surface area (Å²) in [5.41, 5.74) is 6.26. The van der Waals surface area contributed by atoms with Crippen LogP contribution < -0.4 is 11.1 Å². The lowest BCUT2D eigenvalue weighted by Gasteiger charge is -2.28. The third kappa shape index (κ3) is 2.58. The van der Waals surface area contributed by atoms with E-state index in [1.54, 1.807) is 13.2 Å². The molecular formula is C11H18N4O2. The molecule has 17 heavy (non-hydrogen) atoms. The number of nitrogens with zero attached hydrogens (tertiary/aromatic N) is 2. The van der Waals surface area contributed by atoms with Crippen LogP contribution in [0.3, 0.4) is 0 Å². The number of nitrogens with one attached hydrogen (secondary N) is 1. The van der Waals surface area contributed by atoms with Crippen molar-refractivity contribution < 1.29 is 9.90 Å². The van der Waals surface area contributed by atoms with Crippen molar-refractivity contribution in [2.75, 3.05) is 5.73 Å². The summed E-state index contributed by atoms with van der Waals surface area (Å²) >= 11 is 0. The molecule has 1 saturated carbocycles. The van der Waals surface area contributed by atoms with Crippen LogP contribution in [0.5, 0.6) is 0 Å². The number of carbonyl (C=O) groups is 1. The van der Waals surface area contributed by atoms with E-state index in [-0.39, 0.29) is 17.6 Å². The van der Waals surface area contributed by atoms with Gasteiger partial charge in [-0.25, -0.2) is 0 Å². The summed E-state index contributed by atoms with van der Waals surface area (Å²) in [7, 11) is 1.71. The molecular weight excluding hydrogens is 220 g/mol. The topological polar surface area (TPSA) is 93.2 Å². The average Bonchev–Trinajstić information content (AvgIpc) is 2.61. The number of nitrogen functional groups attached to an aromatic ring is 1. The summed E-state index contributed by atoms with van der Waals surface area (Å²) < 4.78 is 1.50. The summed E-state index contributed by atoms with van der Waals surface area (Å²) in [4.78, 5) is 11.9. The summed E-state index contributed by atoms with van der Waals surface area (Å²) in [6, 6.07) is -0.183. The Morgan fingerprint density at radius 1 is 1.59 bits per heavy atom. The zero-order valence-electron chi connectivity index (χ0n) is 9.89. The van der Waals surface area contributed by atoms with Gasteiger partial charge in [-0.1, -0.05) is 12.8 Å². The summed E-state index contributed by atoms with van der Waals surface area (Å²) in [5, 5.41) is 16.6. The van der Waals surface area contributed by atoms with Gasteiger partial charge in [-0.3, -0.25) is 9.48 Å². The quantitative estimate of drug-likeness (QED) is 0.678. The number of rotatable bonds is 2. The molecule has 1 aliphatic rings. The SMILES string of the molecule is Cn1cc(N)c(C(=O)N[C@@H]2CCCC[C@@H]2O)n1. The highest BCUT2D eigenvalue weighted by Crippen LogP contribution is 2.19. The van der Waals surface area contributed by atoms with Crippen molar-refractivity contribution in [3.8, 4) is 0 Å². The number of aromatic nitrogens is 2. The van der Waals surface area contributed by atoms with Crippen LogP contribution in [-0.2, 0) is 7.05 Å². The molecule has 1 heterocycles. The standard InChI is InChI=1S/C11H18N4O2/c1-15-6-7(12)10(14-15)11(17)13-8-4-2-3-5-9(8)16/h6,8-9,16H,2-5,12H2,1H3,(H,13,17)/t8-,9+/m1/s1.